The Balaban J connectivity index is 2.47. The summed E-state index contributed by atoms with van der Waals surface area (Å²) in [6.07, 6.45) is 1.51. The van der Waals surface area contributed by atoms with Gasteiger partial charge in [0.25, 0.3) is 5.69 Å². The summed E-state index contributed by atoms with van der Waals surface area (Å²) in [7, 11) is 0. The Bertz CT molecular complexity index is 632. The van der Waals surface area contributed by atoms with Gasteiger partial charge in [-0.2, -0.15) is 0 Å². The topological polar surface area (TPSA) is 99.9 Å². The van der Waals surface area contributed by atoms with Crippen molar-refractivity contribution in [1.82, 2.24) is 15.0 Å². The van der Waals surface area contributed by atoms with Crippen LogP contribution in [0, 0.1) is 15.9 Å². The van der Waals surface area contributed by atoms with Crippen molar-refractivity contribution in [2.45, 2.75) is 19.4 Å². The highest BCUT2D eigenvalue weighted by Gasteiger charge is 2.19. The fourth-order valence-electron chi connectivity index (χ4n) is 1.48. The first-order chi connectivity index (χ1) is 8.77. The fraction of sp³-hybridized carbons (Fsp3) is 0.273. The maximum Gasteiger partial charge on any atom is 0.274 e. The Morgan fingerprint density at radius 2 is 2.11 bits per heavy atom. The third kappa shape index (κ3) is 2.74. The van der Waals surface area contributed by atoms with Crippen molar-refractivity contribution in [2.75, 3.05) is 0 Å². The molecule has 2 rings (SSSR count). The van der Waals surface area contributed by atoms with Crippen molar-refractivity contribution in [2.24, 2.45) is 5.73 Å². The number of hydrogen-bond donors (Lipinski definition) is 1. The maximum atomic E-state index is 13.3. The summed E-state index contributed by atoms with van der Waals surface area (Å²) >= 11 is 0. The molecule has 0 radical (unpaired) electrons. The van der Waals surface area contributed by atoms with Crippen LogP contribution in [0.3, 0.4) is 0 Å². The van der Waals surface area contributed by atoms with E-state index in [9.17, 15) is 14.5 Å². The van der Waals surface area contributed by atoms with E-state index in [0.29, 0.717) is 5.69 Å². The van der Waals surface area contributed by atoms with Crippen LogP contribution in [0.2, 0.25) is 0 Å². The molecule has 0 aliphatic rings. The first-order valence-electron chi connectivity index (χ1n) is 5.44. The molecule has 0 fully saturated rings. The smallest absolute Gasteiger partial charge is 0.274 e. The van der Waals surface area contributed by atoms with E-state index in [1.54, 1.807) is 13.8 Å². The third-order valence-electron chi connectivity index (χ3n) is 2.50. The highest BCUT2D eigenvalue weighted by molar-refractivity contribution is 5.43. The highest BCUT2D eigenvalue weighted by atomic mass is 19.1. The lowest BCUT2D eigenvalue weighted by molar-refractivity contribution is -0.385. The van der Waals surface area contributed by atoms with E-state index in [-0.39, 0.29) is 11.4 Å². The third-order valence-corrected chi connectivity index (χ3v) is 2.50. The van der Waals surface area contributed by atoms with Gasteiger partial charge in [0.1, 0.15) is 11.5 Å². The number of rotatable bonds is 3. The summed E-state index contributed by atoms with van der Waals surface area (Å²) in [5.41, 5.74) is 5.53. The normalized spacial score (nSPS) is 11.6. The molecule has 0 unspecified atom stereocenters. The average molecular weight is 265 g/mol. The van der Waals surface area contributed by atoms with Crippen LogP contribution in [0.4, 0.5) is 10.1 Å². The van der Waals surface area contributed by atoms with Gasteiger partial charge in [-0.3, -0.25) is 10.1 Å². The van der Waals surface area contributed by atoms with Crippen molar-refractivity contribution in [1.29, 1.82) is 0 Å². The number of non-ortho nitro benzene ring substituents is 1. The van der Waals surface area contributed by atoms with E-state index < -0.39 is 16.3 Å². The molecule has 2 aromatic rings. The van der Waals surface area contributed by atoms with Crippen molar-refractivity contribution < 1.29 is 9.31 Å². The summed E-state index contributed by atoms with van der Waals surface area (Å²) in [5.74, 6) is -0.715. The number of nitro benzene ring substituents is 1. The van der Waals surface area contributed by atoms with Gasteiger partial charge in [0.05, 0.1) is 28.4 Å². The van der Waals surface area contributed by atoms with E-state index in [1.165, 1.54) is 16.9 Å². The second-order valence-electron chi connectivity index (χ2n) is 4.69. The van der Waals surface area contributed by atoms with Crippen LogP contribution < -0.4 is 5.73 Å². The number of benzene rings is 1. The number of hydrogen-bond acceptors (Lipinski definition) is 5. The quantitative estimate of drug-likeness (QED) is 0.669. The summed E-state index contributed by atoms with van der Waals surface area (Å²) in [4.78, 5) is 10.0. The van der Waals surface area contributed by atoms with Gasteiger partial charge in [-0.05, 0) is 13.8 Å². The zero-order valence-corrected chi connectivity index (χ0v) is 10.4. The van der Waals surface area contributed by atoms with Crippen molar-refractivity contribution in [3.8, 4) is 5.69 Å². The van der Waals surface area contributed by atoms with Gasteiger partial charge in [-0.15, -0.1) is 5.10 Å². The van der Waals surface area contributed by atoms with E-state index in [1.807, 2.05) is 0 Å². The first kappa shape index (κ1) is 13.1. The van der Waals surface area contributed by atoms with Crippen LogP contribution in [0.5, 0.6) is 0 Å². The van der Waals surface area contributed by atoms with Gasteiger partial charge in [0, 0.05) is 12.1 Å². The first-order valence-corrected chi connectivity index (χ1v) is 5.44. The van der Waals surface area contributed by atoms with Gasteiger partial charge in [-0.25, -0.2) is 9.07 Å². The molecule has 7 nitrogen and oxygen atoms in total. The molecule has 1 aromatic heterocycles. The Kier molecular flexibility index (Phi) is 3.03. The molecule has 8 heteroatoms. The molecule has 0 amide bonds. The minimum absolute atomic E-state index is 0.217. The molecular weight excluding hydrogens is 253 g/mol. The predicted molar refractivity (Wildman–Crippen MR) is 65.2 cm³/mol. The molecule has 0 aliphatic carbocycles. The van der Waals surface area contributed by atoms with Crippen molar-refractivity contribution >= 4 is 5.69 Å². The summed E-state index contributed by atoms with van der Waals surface area (Å²) < 4.78 is 14.6. The molecule has 0 saturated carbocycles. The zero-order chi connectivity index (χ0) is 14.2. The average Bonchev–Trinajstić information content (AvgIpc) is 2.76. The number of nitro groups is 1. The lowest BCUT2D eigenvalue weighted by atomic mass is 10.0. The lowest BCUT2D eigenvalue weighted by Gasteiger charge is -2.13. The Labute approximate surface area is 108 Å². The summed E-state index contributed by atoms with van der Waals surface area (Å²) in [5, 5.41) is 18.3. The van der Waals surface area contributed by atoms with Crippen LogP contribution in [0.25, 0.3) is 5.69 Å². The molecule has 100 valence electrons. The number of aromatic nitrogens is 3. The zero-order valence-electron chi connectivity index (χ0n) is 10.4. The van der Waals surface area contributed by atoms with E-state index >= 15 is 0 Å². The van der Waals surface area contributed by atoms with Crippen LogP contribution in [0.15, 0.2) is 24.4 Å². The number of nitrogens with zero attached hydrogens (tertiary/aromatic N) is 4. The Hall–Kier alpha value is -2.35. The van der Waals surface area contributed by atoms with Crippen LogP contribution >= 0.6 is 0 Å². The summed E-state index contributed by atoms with van der Waals surface area (Å²) in [6.45, 7) is 3.49. The van der Waals surface area contributed by atoms with E-state index in [0.717, 1.165) is 12.1 Å². The predicted octanol–water partition coefficient (Wildman–Crippen LogP) is 1.51. The Morgan fingerprint density at radius 3 is 2.63 bits per heavy atom. The maximum absolute atomic E-state index is 13.3. The van der Waals surface area contributed by atoms with Crippen molar-refractivity contribution in [3.05, 3.63) is 46.0 Å². The molecule has 0 spiro atoms. The van der Waals surface area contributed by atoms with Gasteiger partial charge in [0.15, 0.2) is 0 Å². The Morgan fingerprint density at radius 1 is 1.42 bits per heavy atom. The van der Waals surface area contributed by atoms with E-state index in [2.05, 4.69) is 10.3 Å². The second-order valence-corrected chi connectivity index (χ2v) is 4.69. The molecular formula is C11H12FN5O2. The molecule has 0 aliphatic heterocycles. The minimum atomic E-state index is -0.715. The van der Waals surface area contributed by atoms with Crippen LogP contribution in [-0.2, 0) is 5.54 Å². The van der Waals surface area contributed by atoms with Crippen molar-refractivity contribution in [3.63, 3.8) is 0 Å². The summed E-state index contributed by atoms with van der Waals surface area (Å²) in [6, 6.07) is 3.19. The molecule has 0 atom stereocenters. The van der Waals surface area contributed by atoms with Crippen LogP contribution in [0.1, 0.15) is 19.5 Å². The number of halogens is 1. The SMILES string of the molecule is CC(C)(N)c1cn(-c2cc(F)cc([N+](=O)[O-])c2)nn1. The molecule has 0 saturated heterocycles. The van der Waals surface area contributed by atoms with Gasteiger partial charge < -0.3 is 5.73 Å². The molecule has 19 heavy (non-hydrogen) atoms. The second kappa shape index (κ2) is 4.39. The largest absolute Gasteiger partial charge is 0.320 e. The highest BCUT2D eigenvalue weighted by Crippen LogP contribution is 2.20. The van der Waals surface area contributed by atoms with E-state index in [4.69, 9.17) is 5.73 Å². The fourth-order valence-corrected chi connectivity index (χ4v) is 1.48. The van der Waals surface area contributed by atoms with Gasteiger partial charge in [0.2, 0.25) is 0 Å². The monoisotopic (exact) mass is 265 g/mol. The van der Waals surface area contributed by atoms with Gasteiger partial charge >= 0.3 is 0 Å². The van der Waals surface area contributed by atoms with Gasteiger partial charge in [-0.1, -0.05) is 5.21 Å². The minimum Gasteiger partial charge on any atom is -0.320 e. The van der Waals surface area contributed by atoms with Crippen LogP contribution in [-0.4, -0.2) is 19.9 Å². The molecule has 1 aromatic carbocycles. The molecule has 0 bridgehead atoms. The standard InChI is InChI=1S/C11H12FN5O2/c1-11(2,13)10-6-16(15-14-10)8-3-7(12)4-9(5-8)17(18)19/h3-6H,13H2,1-2H3. The molecule has 1 heterocycles. The molecule has 2 N–H and O–H groups in total. The number of nitrogens with two attached hydrogens (primary N) is 1. The lowest BCUT2D eigenvalue weighted by Crippen LogP contribution is -2.29.